The van der Waals surface area contributed by atoms with E-state index in [-0.39, 0.29) is 17.6 Å². The average Bonchev–Trinajstić information content (AvgIpc) is 2.35. The second kappa shape index (κ2) is 8.43. The Kier molecular flexibility index (Phi) is 7.23. The Morgan fingerprint density at radius 3 is 2.84 bits per heavy atom. The van der Waals surface area contributed by atoms with Crippen LogP contribution in [0, 0.1) is 5.92 Å². The monoisotopic (exact) mass is 287 g/mol. The van der Waals surface area contributed by atoms with E-state index in [1.807, 2.05) is 0 Å². The number of likely N-dealkylation sites (tertiary alicyclic amines) is 1. The fourth-order valence-electron chi connectivity index (χ4n) is 2.31. The summed E-state index contributed by atoms with van der Waals surface area (Å²) in [5.41, 5.74) is 5.01. The van der Waals surface area contributed by atoms with Gasteiger partial charge in [0.1, 0.15) is 0 Å². The van der Waals surface area contributed by atoms with Gasteiger partial charge in [0.05, 0.1) is 11.5 Å². The van der Waals surface area contributed by atoms with E-state index in [0.717, 1.165) is 19.0 Å². The molecule has 0 saturated carbocycles. The van der Waals surface area contributed by atoms with Crippen LogP contribution < -0.4 is 11.1 Å². The molecule has 6 heteroatoms. The van der Waals surface area contributed by atoms with Gasteiger partial charge in [-0.15, -0.1) is 11.8 Å². The van der Waals surface area contributed by atoms with Crippen molar-refractivity contribution in [3.8, 4) is 0 Å². The van der Waals surface area contributed by atoms with Crippen LogP contribution in [0.1, 0.15) is 26.7 Å². The van der Waals surface area contributed by atoms with Crippen LogP contribution in [0.3, 0.4) is 0 Å². The van der Waals surface area contributed by atoms with Crippen molar-refractivity contribution in [2.75, 3.05) is 31.1 Å². The fraction of sp³-hybridized carbons (Fsp3) is 0.846. The summed E-state index contributed by atoms with van der Waals surface area (Å²) in [6.45, 7) is 7.33. The SMILES string of the molecule is CC1CCCN(C(C)CNC(=O)CSCC(N)=O)C1. The minimum atomic E-state index is -0.381. The molecule has 1 fully saturated rings. The molecule has 3 N–H and O–H groups in total. The Labute approximate surface area is 119 Å². The number of primary amides is 1. The molecule has 5 nitrogen and oxygen atoms in total. The molecule has 0 aromatic carbocycles. The number of hydrogen-bond acceptors (Lipinski definition) is 4. The first kappa shape index (κ1) is 16.3. The molecule has 1 saturated heterocycles. The molecule has 1 aliphatic heterocycles. The number of nitrogens with two attached hydrogens (primary N) is 1. The lowest BCUT2D eigenvalue weighted by Crippen LogP contribution is -2.46. The van der Waals surface area contributed by atoms with Crippen molar-refractivity contribution in [3.63, 3.8) is 0 Å². The van der Waals surface area contributed by atoms with Crippen LogP contribution in [0.15, 0.2) is 0 Å². The topological polar surface area (TPSA) is 75.4 Å². The molecule has 2 amide bonds. The molecule has 1 rings (SSSR count). The normalized spacial score (nSPS) is 21.9. The molecule has 110 valence electrons. The first-order valence-corrected chi connectivity index (χ1v) is 8.01. The molecule has 2 atom stereocenters. The van der Waals surface area contributed by atoms with Crippen molar-refractivity contribution in [3.05, 3.63) is 0 Å². The quantitative estimate of drug-likeness (QED) is 0.712. The third-order valence-corrected chi connectivity index (χ3v) is 4.34. The molecule has 0 aromatic rings. The summed E-state index contributed by atoms with van der Waals surface area (Å²) in [5, 5.41) is 2.91. The van der Waals surface area contributed by atoms with Gasteiger partial charge in [-0.25, -0.2) is 0 Å². The number of nitrogens with zero attached hydrogens (tertiary/aromatic N) is 1. The smallest absolute Gasteiger partial charge is 0.230 e. The summed E-state index contributed by atoms with van der Waals surface area (Å²) < 4.78 is 0. The van der Waals surface area contributed by atoms with Gasteiger partial charge < -0.3 is 11.1 Å². The minimum absolute atomic E-state index is 0.0249. The maximum atomic E-state index is 11.6. The maximum Gasteiger partial charge on any atom is 0.230 e. The van der Waals surface area contributed by atoms with Crippen molar-refractivity contribution in [2.45, 2.75) is 32.7 Å². The Morgan fingerprint density at radius 1 is 1.47 bits per heavy atom. The highest BCUT2D eigenvalue weighted by Gasteiger charge is 2.20. The van der Waals surface area contributed by atoms with Gasteiger partial charge in [-0.1, -0.05) is 6.92 Å². The number of piperidine rings is 1. The van der Waals surface area contributed by atoms with Crippen molar-refractivity contribution >= 4 is 23.6 Å². The van der Waals surface area contributed by atoms with Crippen molar-refractivity contribution in [2.24, 2.45) is 11.7 Å². The van der Waals surface area contributed by atoms with E-state index in [4.69, 9.17) is 5.73 Å². The van der Waals surface area contributed by atoms with E-state index in [0.29, 0.717) is 18.3 Å². The van der Waals surface area contributed by atoms with Crippen molar-refractivity contribution < 1.29 is 9.59 Å². The minimum Gasteiger partial charge on any atom is -0.369 e. The van der Waals surface area contributed by atoms with E-state index in [1.165, 1.54) is 24.6 Å². The number of rotatable bonds is 7. The zero-order valence-electron chi connectivity index (χ0n) is 11.9. The van der Waals surface area contributed by atoms with Gasteiger partial charge in [-0.3, -0.25) is 14.5 Å². The van der Waals surface area contributed by atoms with E-state index in [1.54, 1.807) is 0 Å². The Balaban J connectivity index is 2.16. The van der Waals surface area contributed by atoms with E-state index >= 15 is 0 Å². The van der Waals surface area contributed by atoms with Gasteiger partial charge >= 0.3 is 0 Å². The lowest BCUT2D eigenvalue weighted by molar-refractivity contribution is -0.118. The predicted molar refractivity (Wildman–Crippen MR) is 79.0 cm³/mol. The zero-order valence-corrected chi connectivity index (χ0v) is 12.7. The third kappa shape index (κ3) is 6.82. The van der Waals surface area contributed by atoms with E-state index in [2.05, 4.69) is 24.1 Å². The Hall–Kier alpha value is -0.750. The van der Waals surface area contributed by atoms with Crippen molar-refractivity contribution in [1.82, 2.24) is 10.2 Å². The van der Waals surface area contributed by atoms with Gasteiger partial charge in [0.15, 0.2) is 0 Å². The lowest BCUT2D eigenvalue weighted by atomic mass is 9.99. The number of hydrogen-bond donors (Lipinski definition) is 2. The highest BCUT2D eigenvalue weighted by Crippen LogP contribution is 2.17. The first-order chi connectivity index (χ1) is 8.99. The molecule has 1 heterocycles. The Morgan fingerprint density at radius 2 is 2.21 bits per heavy atom. The predicted octanol–water partition coefficient (Wildman–Crippen LogP) is 0.442. The third-order valence-electron chi connectivity index (χ3n) is 3.38. The van der Waals surface area contributed by atoms with E-state index < -0.39 is 0 Å². The summed E-state index contributed by atoms with van der Waals surface area (Å²) >= 11 is 1.26. The largest absolute Gasteiger partial charge is 0.369 e. The van der Waals surface area contributed by atoms with Crippen LogP contribution in [0.25, 0.3) is 0 Å². The maximum absolute atomic E-state index is 11.6. The second-order valence-corrected chi connectivity index (χ2v) is 6.34. The van der Waals surface area contributed by atoms with Crippen LogP contribution in [0.4, 0.5) is 0 Å². The highest BCUT2D eigenvalue weighted by molar-refractivity contribution is 8.00. The van der Waals surface area contributed by atoms with Gasteiger partial charge in [0.25, 0.3) is 0 Å². The average molecular weight is 287 g/mol. The lowest BCUT2D eigenvalue weighted by Gasteiger charge is -2.35. The number of carbonyl (C=O) groups excluding carboxylic acids is 2. The summed E-state index contributed by atoms with van der Waals surface area (Å²) in [7, 11) is 0. The first-order valence-electron chi connectivity index (χ1n) is 6.86. The number of amides is 2. The van der Waals surface area contributed by atoms with E-state index in [9.17, 15) is 9.59 Å². The highest BCUT2D eigenvalue weighted by atomic mass is 32.2. The summed E-state index contributed by atoms with van der Waals surface area (Å²) in [5.74, 6) is 0.841. The van der Waals surface area contributed by atoms with Crippen LogP contribution >= 0.6 is 11.8 Å². The molecule has 0 aliphatic carbocycles. The summed E-state index contributed by atoms with van der Waals surface area (Å²) in [6, 6.07) is 0.368. The fourth-order valence-corrected chi connectivity index (χ4v) is 2.90. The number of carbonyl (C=O) groups is 2. The molecule has 1 aliphatic rings. The van der Waals surface area contributed by atoms with Crippen LogP contribution in [-0.4, -0.2) is 53.9 Å². The summed E-state index contributed by atoms with van der Waals surface area (Å²) in [4.78, 5) is 24.6. The van der Waals surface area contributed by atoms with Crippen LogP contribution in [-0.2, 0) is 9.59 Å². The number of thioether (sulfide) groups is 1. The second-order valence-electron chi connectivity index (χ2n) is 5.35. The van der Waals surface area contributed by atoms with Gasteiger partial charge in [0, 0.05) is 19.1 Å². The van der Waals surface area contributed by atoms with Gasteiger partial charge in [-0.2, -0.15) is 0 Å². The summed E-state index contributed by atoms with van der Waals surface area (Å²) in [6.07, 6.45) is 2.55. The number of nitrogens with one attached hydrogen (secondary N) is 1. The molecule has 0 radical (unpaired) electrons. The van der Waals surface area contributed by atoms with Crippen molar-refractivity contribution in [1.29, 1.82) is 0 Å². The standard InChI is InChI=1S/C13H25N3O2S/c1-10-4-3-5-16(7-10)11(2)6-15-13(18)9-19-8-12(14)17/h10-11H,3-9H2,1-2H3,(H2,14,17)(H,15,18). The van der Waals surface area contributed by atoms with Crippen LogP contribution in [0.2, 0.25) is 0 Å². The molecular weight excluding hydrogens is 262 g/mol. The molecular formula is C13H25N3O2S. The molecule has 19 heavy (non-hydrogen) atoms. The molecule has 0 spiro atoms. The molecule has 0 aromatic heterocycles. The van der Waals surface area contributed by atoms with Gasteiger partial charge in [-0.05, 0) is 32.2 Å². The van der Waals surface area contributed by atoms with Crippen LogP contribution in [0.5, 0.6) is 0 Å². The molecule has 0 bridgehead atoms. The molecule has 2 unspecified atom stereocenters. The Bertz CT molecular complexity index is 312. The van der Waals surface area contributed by atoms with Gasteiger partial charge in [0.2, 0.25) is 11.8 Å². The zero-order chi connectivity index (χ0) is 14.3.